The summed E-state index contributed by atoms with van der Waals surface area (Å²) in [4.78, 5) is 17.7. The Morgan fingerprint density at radius 2 is 1.86 bits per heavy atom. The number of hydrogen-bond donors (Lipinski definition) is 2. The van der Waals surface area contributed by atoms with Crippen molar-refractivity contribution in [3.63, 3.8) is 0 Å². The molecule has 29 heavy (non-hydrogen) atoms. The first-order valence-corrected chi connectivity index (χ1v) is 9.01. The highest BCUT2D eigenvalue weighted by atomic mass is 127. The van der Waals surface area contributed by atoms with Crippen molar-refractivity contribution in [2.75, 3.05) is 33.8 Å². The summed E-state index contributed by atoms with van der Waals surface area (Å²) in [5, 5.41) is 6.16. The Morgan fingerprint density at radius 3 is 2.45 bits per heavy atom. The minimum atomic E-state index is -4.34. The molecule has 10 heteroatoms. The van der Waals surface area contributed by atoms with E-state index in [1.54, 1.807) is 32.3 Å². The molecule has 0 aliphatic heterocycles. The van der Waals surface area contributed by atoms with Gasteiger partial charge in [-0.3, -0.25) is 4.79 Å². The van der Waals surface area contributed by atoms with E-state index < -0.39 is 12.8 Å². The van der Waals surface area contributed by atoms with Crippen molar-refractivity contribution in [3.05, 3.63) is 35.4 Å². The normalized spacial score (nSPS) is 11.8. The average molecular weight is 530 g/mol. The van der Waals surface area contributed by atoms with Crippen LogP contribution >= 0.6 is 24.0 Å². The number of hydrogen-bond acceptors (Lipinski definition) is 3. The minimum absolute atomic E-state index is 0. The summed E-state index contributed by atoms with van der Waals surface area (Å²) in [5.74, 6) is 0.816. The molecule has 0 spiro atoms. The number of ether oxygens (including phenoxy) is 1. The van der Waals surface area contributed by atoms with Crippen LogP contribution in [0.4, 0.5) is 13.2 Å². The zero-order valence-electron chi connectivity index (χ0n) is 17.2. The summed E-state index contributed by atoms with van der Waals surface area (Å²) >= 11 is 0. The fraction of sp³-hybridized carbons (Fsp3) is 0.579. The average Bonchev–Trinajstić information content (AvgIpc) is 2.59. The molecule has 6 nitrogen and oxygen atoms in total. The molecule has 0 unspecified atom stereocenters. The van der Waals surface area contributed by atoms with Crippen LogP contribution < -0.4 is 10.6 Å². The Morgan fingerprint density at radius 1 is 1.21 bits per heavy atom. The first kappa shape index (κ1) is 27.4. The van der Waals surface area contributed by atoms with Gasteiger partial charge in [-0.25, -0.2) is 4.99 Å². The van der Waals surface area contributed by atoms with Crippen LogP contribution in [0.2, 0.25) is 0 Å². The lowest BCUT2D eigenvalue weighted by Gasteiger charge is -2.16. The molecule has 0 atom stereocenters. The van der Waals surface area contributed by atoms with Crippen LogP contribution in [0.5, 0.6) is 0 Å². The molecular formula is C19H30F3IN4O2. The van der Waals surface area contributed by atoms with Crippen LogP contribution in [0.15, 0.2) is 29.3 Å². The van der Waals surface area contributed by atoms with E-state index in [0.717, 1.165) is 5.56 Å². The lowest BCUT2D eigenvalue weighted by molar-refractivity contribution is -0.176. The molecule has 166 valence electrons. The molecule has 0 aromatic heterocycles. The molecule has 1 aromatic rings. The minimum Gasteiger partial charge on any atom is -0.367 e. The molecule has 0 bridgehead atoms. The van der Waals surface area contributed by atoms with Crippen molar-refractivity contribution >= 4 is 35.8 Å². The number of carbonyl (C=O) groups excluding carboxylic acids is 1. The van der Waals surface area contributed by atoms with E-state index in [1.807, 2.05) is 6.07 Å². The fourth-order valence-corrected chi connectivity index (χ4v) is 2.07. The zero-order chi connectivity index (χ0) is 21.2. The van der Waals surface area contributed by atoms with Crippen molar-refractivity contribution in [1.82, 2.24) is 15.5 Å². The molecule has 0 fully saturated rings. The molecule has 0 saturated carbocycles. The van der Waals surface area contributed by atoms with Crippen molar-refractivity contribution in [1.29, 1.82) is 0 Å². The SMILES string of the molecule is CC(C)CNC(=NCc1cccc(COCC(F)(F)F)c1)NCC(=O)N(C)C.I. The second-order valence-corrected chi connectivity index (χ2v) is 7.01. The Balaban J connectivity index is 0.00000784. The van der Waals surface area contributed by atoms with Gasteiger partial charge in [-0.2, -0.15) is 13.2 Å². The lowest BCUT2D eigenvalue weighted by Crippen LogP contribution is -2.44. The molecule has 0 radical (unpaired) electrons. The summed E-state index contributed by atoms with van der Waals surface area (Å²) in [5.41, 5.74) is 1.47. The molecule has 0 aliphatic carbocycles. The van der Waals surface area contributed by atoms with Gasteiger partial charge in [0, 0.05) is 20.6 Å². The highest BCUT2D eigenvalue weighted by Crippen LogP contribution is 2.16. The van der Waals surface area contributed by atoms with Gasteiger partial charge in [0.25, 0.3) is 0 Å². The molecule has 0 aliphatic rings. The fourth-order valence-electron chi connectivity index (χ4n) is 2.07. The maximum atomic E-state index is 12.2. The summed E-state index contributed by atoms with van der Waals surface area (Å²) < 4.78 is 41.2. The van der Waals surface area contributed by atoms with Crippen molar-refractivity contribution < 1.29 is 22.7 Å². The Labute approximate surface area is 187 Å². The predicted molar refractivity (Wildman–Crippen MR) is 118 cm³/mol. The van der Waals surface area contributed by atoms with E-state index in [4.69, 9.17) is 0 Å². The third-order valence-electron chi connectivity index (χ3n) is 3.53. The topological polar surface area (TPSA) is 66.0 Å². The van der Waals surface area contributed by atoms with Crippen LogP contribution in [0, 0.1) is 5.92 Å². The molecule has 0 saturated heterocycles. The van der Waals surface area contributed by atoms with Gasteiger partial charge in [-0.1, -0.05) is 38.1 Å². The summed E-state index contributed by atoms with van der Waals surface area (Å²) in [7, 11) is 3.35. The Hall–Kier alpha value is -1.56. The van der Waals surface area contributed by atoms with E-state index >= 15 is 0 Å². The monoisotopic (exact) mass is 530 g/mol. The maximum Gasteiger partial charge on any atom is 0.411 e. The third-order valence-corrected chi connectivity index (χ3v) is 3.53. The number of likely N-dealkylation sites (N-methyl/N-ethyl adjacent to an activating group) is 1. The second-order valence-electron chi connectivity index (χ2n) is 7.01. The number of carbonyl (C=O) groups is 1. The number of benzene rings is 1. The predicted octanol–water partition coefficient (Wildman–Crippen LogP) is 3.16. The highest BCUT2D eigenvalue weighted by Gasteiger charge is 2.27. The maximum absolute atomic E-state index is 12.2. The van der Waals surface area contributed by atoms with E-state index in [9.17, 15) is 18.0 Å². The van der Waals surface area contributed by atoms with Gasteiger partial charge in [0.15, 0.2) is 5.96 Å². The molecule has 1 amide bonds. The smallest absolute Gasteiger partial charge is 0.367 e. The Kier molecular flexibility index (Phi) is 12.9. The van der Waals surface area contributed by atoms with Crippen molar-refractivity contribution in [2.45, 2.75) is 33.2 Å². The number of aliphatic imine (C=N–C) groups is 1. The largest absolute Gasteiger partial charge is 0.411 e. The number of halogens is 4. The van der Waals surface area contributed by atoms with Gasteiger partial charge in [0.1, 0.15) is 6.61 Å². The van der Waals surface area contributed by atoms with E-state index in [1.165, 1.54) is 4.90 Å². The number of alkyl halides is 3. The van der Waals surface area contributed by atoms with Crippen LogP contribution in [0.1, 0.15) is 25.0 Å². The first-order valence-electron chi connectivity index (χ1n) is 9.01. The van der Waals surface area contributed by atoms with Gasteiger partial charge in [-0.15, -0.1) is 24.0 Å². The van der Waals surface area contributed by atoms with Gasteiger partial charge >= 0.3 is 6.18 Å². The summed E-state index contributed by atoms with van der Waals surface area (Å²) in [6, 6.07) is 7.05. The van der Waals surface area contributed by atoms with Crippen molar-refractivity contribution in [3.8, 4) is 0 Å². The zero-order valence-corrected chi connectivity index (χ0v) is 19.5. The van der Waals surface area contributed by atoms with E-state index in [2.05, 4.69) is 34.2 Å². The van der Waals surface area contributed by atoms with Gasteiger partial charge in [-0.05, 0) is 17.0 Å². The molecule has 2 N–H and O–H groups in total. The summed E-state index contributed by atoms with van der Waals surface area (Å²) in [6.45, 7) is 3.83. The standard InChI is InChI=1S/C19H29F3N4O2.HI/c1-14(2)9-23-18(25-11-17(27)26(3)4)24-10-15-6-5-7-16(8-15)12-28-13-19(20,21)22;/h5-8,14H,9-13H2,1-4H3,(H2,23,24,25);1H. The molecule has 0 heterocycles. The quantitative estimate of drug-likeness (QED) is 0.293. The summed E-state index contributed by atoms with van der Waals surface area (Å²) in [6.07, 6.45) is -4.34. The van der Waals surface area contributed by atoms with Gasteiger partial charge < -0.3 is 20.3 Å². The van der Waals surface area contributed by atoms with Crippen LogP contribution in [-0.2, 0) is 22.7 Å². The molecule has 1 aromatic carbocycles. The second kappa shape index (κ2) is 13.6. The number of guanidine groups is 1. The molecule has 1 rings (SSSR count). The number of nitrogens with zero attached hydrogens (tertiary/aromatic N) is 2. The lowest BCUT2D eigenvalue weighted by atomic mass is 10.1. The van der Waals surface area contributed by atoms with Gasteiger partial charge in [0.05, 0.1) is 19.7 Å². The molecular weight excluding hydrogens is 500 g/mol. The van der Waals surface area contributed by atoms with Gasteiger partial charge in [0.2, 0.25) is 5.91 Å². The first-order chi connectivity index (χ1) is 13.1. The number of amides is 1. The van der Waals surface area contributed by atoms with Crippen LogP contribution in [0.25, 0.3) is 0 Å². The van der Waals surface area contributed by atoms with Crippen LogP contribution in [0.3, 0.4) is 0 Å². The highest BCUT2D eigenvalue weighted by molar-refractivity contribution is 14.0. The van der Waals surface area contributed by atoms with E-state index in [-0.39, 0.29) is 43.0 Å². The number of nitrogens with one attached hydrogen (secondary N) is 2. The number of rotatable bonds is 9. The van der Waals surface area contributed by atoms with E-state index in [0.29, 0.717) is 30.5 Å². The van der Waals surface area contributed by atoms with Crippen molar-refractivity contribution in [2.24, 2.45) is 10.9 Å². The third kappa shape index (κ3) is 13.3. The van der Waals surface area contributed by atoms with Crippen LogP contribution in [-0.4, -0.2) is 56.7 Å². The Bertz CT molecular complexity index is 653.